The van der Waals surface area contributed by atoms with Crippen molar-refractivity contribution in [3.05, 3.63) is 29.8 Å². The molecule has 1 saturated carbocycles. The van der Waals surface area contributed by atoms with Gasteiger partial charge >= 0.3 is 7.12 Å². The van der Waals surface area contributed by atoms with E-state index in [1.807, 2.05) is 0 Å². The van der Waals surface area contributed by atoms with Crippen LogP contribution in [0.15, 0.2) is 24.3 Å². The SMILES string of the molecule is CC1(C)OB(c2ccc(CC3CC3)cc2)OC1(C)C. The molecule has 1 aromatic rings. The largest absolute Gasteiger partial charge is 0.494 e. The molecule has 0 aromatic heterocycles. The first-order valence-corrected chi connectivity index (χ1v) is 7.32. The van der Waals surface area contributed by atoms with E-state index in [1.54, 1.807) is 0 Å². The molecule has 1 heterocycles. The van der Waals surface area contributed by atoms with Crippen molar-refractivity contribution in [1.82, 2.24) is 0 Å². The summed E-state index contributed by atoms with van der Waals surface area (Å²) < 4.78 is 12.1. The molecule has 0 radical (unpaired) electrons. The average Bonchev–Trinajstić information content (AvgIpc) is 3.08. The van der Waals surface area contributed by atoms with Crippen LogP contribution in [0.1, 0.15) is 46.1 Å². The predicted octanol–water partition coefficient (Wildman–Crippen LogP) is 2.94. The van der Waals surface area contributed by atoms with E-state index in [0.29, 0.717) is 0 Å². The van der Waals surface area contributed by atoms with Crippen molar-refractivity contribution in [2.45, 2.75) is 58.2 Å². The second-order valence-corrected chi connectivity index (χ2v) is 6.98. The highest BCUT2D eigenvalue weighted by Gasteiger charge is 2.51. The van der Waals surface area contributed by atoms with Crippen LogP contribution < -0.4 is 5.46 Å². The first kappa shape index (κ1) is 13.2. The lowest BCUT2D eigenvalue weighted by Gasteiger charge is -2.32. The molecular weight excluding hydrogens is 235 g/mol. The molecule has 1 saturated heterocycles. The first-order chi connectivity index (χ1) is 8.87. The molecule has 3 rings (SSSR count). The van der Waals surface area contributed by atoms with Crippen molar-refractivity contribution >= 4 is 12.6 Å². The van der Waals surface area contributed by atoms with Crippen molar-refractivity contribution in [3.63, 3.8) is 0 Å². The van der Waals surface area contributed by atoms with Crippen molar-refractivity contribution < 1.29 is 9.31 Å². The van der Waals surface area contributed by atoms with Crippen LogP contribution in [0.3, 0.4) is 0 Å². The van der Waals surface area contributed by atoms with Crippen LogP contribution in [0, 0.1) is 5.92 Å². The highest BCUT2D eigenvalue weighted by molar-refractivity contribution is 6.62. The van der Waals surface area contributed by atoms with Gasteiger partial charge in [0.25, 0.3) is 0 Å². The summed E-state index contributed by atoms with van der Waals surface area (Å²) in [5.41, 5.74) is 2.04. The number of hydrogen-bond acceptors (Lipinski definition) is 2. The Morgan fingerprint density at radius 3 is 2.00 bits per heavy atom. The molecule has 19 heavy (non-hydrogen) atoms. The Morgan fingerprint density at radius 2 is 1.53 bits per heavy atom. The van der Waals surface area contributed by atoms with E-state index in [4.69, 9.17) is 9.31 Å². The molecule has 102 valence electrons. The van der Waals surface area contributed by atoms with Crippen LogP contribution in [0.4, 0.5) is 0 Å². The van der Waals surface area contributed by atoms with Gasteiger partial charge in [-0.25, -0.2) is 0 Å². The smallest absolute Gasteiger partial charge is 0.399 e. The van der Waals surface area contributed by atoms with Gasteiger partial charge in [-0.2, -0.15) is 0 Å². The topological polar surface area (TPSA) is 18.5 Å². The lowest BCUT2D eigenvalue weighted by molar-refractivity contribution is 0.00578. The summed E-state index contributed by atoms with van der Waals surface area (Å²) in [5, 5.41) is 0. The molecule has 2 nitrogen and oxygen atoms in total. The van der Waals surface area contributed by atoms with Crippen LogP contribution in [-0.4, -0.2) is 18.3 Å². The van der Waals surface area contributed by atoms with Gasteiger partial charge in [0, 0.05) is 0 Å². The van der Waals surface area contributed by atoms with Gasteiger partial charge in [-0.05, 0) is 63.9 Å². The average molecular weight is 258 g/mol. The van der Waals surface area contributed by atoms with E-state index in [-0.39, 0.29) is 18.3 Å². The Balaban J connectivity index is 1.72. The van der Waals surface area contributed by atoms with Gasteiger partial charge in [0.05, 0.1) is 11.2 Å². The van der Waals surface area contributed by atoms with E-state index in [1.165, 1.54) is 24.8 Å². The molecule has 1 aromatic carbocycles. The van der Waals surface area contributed by atoms with Gasteiger partial charge in [-0.3, -0.25) is 0 Å². The van der Waals surface area contributed by atoms with E-state index in [9.17, 15) is 0 Å². The zero-order chi connectivity index (χ0) is 13.7. The predicted molar refractivity (Wildman–Crippen MR) is 78.6 cm³/mol. The lowest BCUT2D eigenvalue weighted by Crippen LogP contribution is -2.41. The van der Waals surface area contributed by atoms with Crippen LogP contribution in [-0.2, 0) is 15.7 Å². The first-order valence-electron chi connectivity index (χ1n) is 7.32. The Hall–Kier alpha value is -0.795. The van der Waals surface area contributed by atoms with Crippen molar-refractivity contribution in [2.75, 3.05) is 0 Å². The summed E-state index contributed by atoms with van der Waals surface area (Å²) in [6, 6.07) is 8.75. The third kappa shape index (κ3) is 2.59. The fourth-order valence-electron chi connectivity index (χ4n) is 2.45. The maximum Gasteiger partial charge on any atom is 0.494 e. The molecule has 0 atom stereocenters. The van der Waals surface area contributed by atoms with E-state index in [2.05, 4.69) is 52.0 Å². The maximum atomic E-state index is 6.06. The third-order valence-electron chi connectivity index (χ3n) is 4.73. The minimum absolute atomic E-state index is 0.236. The molecule has 0 bridgehead atoms. The van der Waals surface area contributed by atoms with Gasteiger partial charge in [-0.15, -0.1) is 0 Å². The molecule has 1 aliphatic heterocycles. The Kier molecular flexibility index (Phi) is 3.03. The van der Waals surface area contributed by atoms with Crippen molar-refractivity contribution in [2.24, 2.45) is 5.92 Å². The van der Waals surface area contributed by atoms with Gasteiger partial charge in [-0.1, -0.05) is 24.3 Å². The fourth-order valence-corrected chi connectivity index (χ4v) is 2.45. The molecule has 0 N–H and O–H groups in total. The Bertz CT molecular complexity index is 444. The molecule has 0 amide bonds. The van der Waals surface area contributed by atoms with Crippen LogP contribution >= 0.6 is 0 Å². The van der Waals surface area contributed by atoms with Gasteiger partial charge in [0.15, 0.2) is 0 Å². The summed E-state index contributed by atoms with van der Waals surface area (Å²) in [4.78, 5) is 0. The van der Waals surface area contributed by atoms with Crippen molar-refractivity contribution in [1.29, 1.82) is 0 Å². The van der Waals surface area contributed by atoms with E-state index >= 15 is 0 Å². The summed E-state index contributed by atoms with van der Waals surface area (Å²) in [6.07, 6.45) is 4.03. The molecule has 2 aliphatic rings. The van der Waals surface area contributed by atoms with Gasteiger partial charge in [0.2, 0.25) is 0 Å². The molecule has 2 fully saturated rings. The van der Waals surface area contributed by atoms with Crippen LogP contribution in [0.5, 0.6) is 0 Å². The quantitative estimate of drug-likeness (QED) is 0.776. The van der Waals surface area contributed by atoms with Crippen LogP contribution in [0.25, 0.3) is 0 Å². The van der Waals surface area contributed by atoms with Gasteiger partial charge < -0.3 is 9.31 Å². The Labute approximate surface area is 116 Å². The minimum Gasteiger partial charge on any atom is -0.399 e. The van der Waals surface area contributed by atoms with Crippen LogP contribution in [0.2, 0.25) is 0 Å². The molecule has 0 unspecified atom stereocenters. The highest BCUT2D eigenvalue weighted by Crippen LogP contribution is 2.36. The number of rotatable bonds is 3. The normalized spacial score (nSPS) is 24.7. The van der Waals surface area contributed by atoms with E-state index < -0.39 is 0 Å². The zero-order valence-electron chi connectivity index (χ0n) is 12.4. The standard InChI is InChI=1S/C16H23BO2/c1-15(2)16(3,4)19-17(18-15)14-9-7-13(8-10-14)11-12-5-6-12/h7-10,12H,5-6,11H2,1-4H3. The lowest BCUT2D eigenvalue weighted by atomic mass is 9.78. The summed E-state index contributed by atoms with van der Waals surface area (Å²) in [7, 11) is -0.236. The second kappa shape index (κ2) is 4.36. The summed E-state index contributed by atoms with van der Waals surface area (Å²) in [6.45, 7) is 8.37. The number of hydrogen-bond donors (Lipinski definition) is 0. The monoisotopic (exact) mass is 258 g/mol. The van der Waals surface area contributed by atoms with E-state index in [0.717, 1.165) is 11.4 Å². The molecule has 1 aliphatic carbocycles. The number of benzene rings is 1. The van der Waals surface area contributed by atoms with Gasteiger partial charge in [0.1, 0.15) is 0 Å². The van der Waals surface area contributed by atoms with Crippen molar-refractivity contribution in [3.8, 4) is 0 Å². The summed E-state index contributed by atoms with van der Waals surface area (Å²) in [5.74, 6) is 0.933. The molecule has 0 spiro atoms. The summed E-state index contributed by atoms with van der Waals surface area (Å²) >= 11 is 0. The molecular formula is C16H23BO2. The zero-order valence-corrected chi connectivity index (χ0v) is 12.4. The highest BCUT2D eigenvalue weighted by atomic mass is 16.7. The molecule has 3 heteroatoms. The maximum absolute atomic E-state index is 6.06. The fraction of sp³-hybridized carbons (Fsp3) is 0.625. The second-order valence-electron chi connectivity index (χ2n) is 6.98. The minimum atomic E-state index is -0.260. The Morgan fingerprint density at radius 1 is 1.00 bits per heavy atom. The third-order valence-corrected chi connectivity index (χ3v) is 4.73.